The third-order valence-electron chi connectivity index (χ3n) is 10.6. The highest BCUT2D eigenvalue weighted by molar-refractivity contribution is 9.09. The number of carbonyl (C=O) groups is 4. The standard InChI is InChI=1S/C40H58BrN3O7/c1-11-13-19-29(46)42-25(5)32(26-17-15-14-16-18-26)50-37(49)30-31-35(47)44(28(22-45)24(3)4)34(40(31)21-27(41)33(30)51-40)36(48)43(20-12-2)39(9,10)23-38(6,7)8/h11-12,14-18,24-25,27-28,30-34,45H,1-2,13,19-23H2,3-10H3,(H,42,46)/t25-,27?,28+,30+,31-,32-,33+,34+,40-/m1/s1. The van der Waals surface area contributed by atoms with Crippen LogP contribution in [0.15, 0.2) is 55.6 Å². The number of nitrogens with one attached hydrogen (secondary N) is 1. The highest BCUT2D eigenvalue weighted by Gasteiger charge is 2.78. The molecule has 1 aromatic rings. The molecule has 1 unspecified atom stereocenters. The maximum atomic E-state index is 15.1. The molecule has 3 amide bonds. The van der Waals surface area contributed by atoms with E-state index in [9.17, 15) is 19.5 Å². The van der Waals surface area contributed by atoms with E-state index in [0.717, 1.165) is 0 Å². The lowest BCUT2D eigenvalue weighted by Gasteiger charge is -2.47. The van der Waals surface area contributed by atoms with E-state index in [1.165, 1.54) is 4.90 Å². The zero-order chi connectivity index (χ0) is 38.1. The van der Waals surface area contributed by atoms with E-state index in [1.54, 1.807) is 24.0 Å². The van der Waals surface area contributed by atoms with Crippen molar-refractivity contribution in [3.05, 3.63) is 61.2 Å². The van der Waals surface area contributed by atoms with Crippen molar-refractivity contribution in [1.29, 1.82) is 0 Å². The van der Waals surface area contributed by atoms with Gasteiger partial charge in [-0.05, 0) is 56.9 Å². The van der Waals surface area contributed by atoms with Crippen LogP contribution in [0.25, 0.3) is 0 Å². The molecule has 1 spiro atoms. The topological polar surface area (TPSA) is 125 Å². The first kappa shape index (κ1) is 40.7. The van der Waals surface area contributed by atoms with Crippen LogP contribution in [0.4, 0.5) is 0 Å². The molecule has 0 radical (unpaired) electrons. The lowest BCUT2D eigenvalue weighted by Crippen LogP contribution is -2.63. The molecule has 3 fully saturated rings. The number of alkyl halides is 1. The van der Waals surface area contributed by atoms with Gasteiger partial charge >= 0.3 is 5.97 Å². The fourth-order valence-electron chi connectivity index (χ4n) is 8.84. The number of hydrogen-bond donors (Lipinski definition) is 2. The summed E-state index contributed by atoms with van der Waals surface area (Å²) < 4.78 is 13.1. The third kappa shape index (κ3) is 8.15. The summed E-state index contributed by atoms with van der Waals surface area (Å²) in [6.45, 7) is 23.5. The Hall–Kier alpha value is -3.02. The molecule has 3 aliphatic rings. The van der Waals surface area contributed by atoms with Gasteiger partial charge in [-0.1, -0.05) is 93.0 Å². The highest BCUT2D eigenvalue weighted by Crippen LogP contribution is 2.61. The number of amides is 3. The van der Waals surface area contributed by atoms with E-state index in [1.807, 2.05) is 58.0 Å². The average molecular weight is 773 g/mol. The first-order valence-electron chi connectivity index (χ1n) is 18.2. The normalized spacial score (nSPS) is 27.5. The number of hydrogen-bond acceptors (Lipinski definition) is 7. The average Bonchev–Trinajstić information content (AvgIpc) is 3.63. The van der Waals surface area contributed by atoms with Crippen LogP contribution in [0.1, 0.15) is 92.7 Å². The summed E-state index contributed by atoms with van der Waals surface area (Å²) in [7, 11) is 0. The number of esters is 1. The number of likely N-dealkylation sites (tertiary alicyclic amines) is 1. The molecule has 51 heavy (non-hydrogen) atoms. The predicted octanol–water partition coefficient (Wildman–Crippen LogP) is 5.74. The number of aliphatic hydroxyl groups excluding tert-OH is 1. The lowest BCUT2D eigenvalue weighted by molar-refractivity contribution is -0.163. The van der Waals surface area contributed by atoms with Gasteiger partial charge in [0.2, 0.25) is 17.7 Å². The van der Waals surface area contributed by atoms with Crippen molar-refractivity contribution in [2.45, 2.75) is 127 Å². The molecular weight excluding hydrogens is 714 g/mol. The molecule has 0 aromatic heterocycles. The summed E-state index contributed by atoms with van der Waals surface area (Å²) in [5.41, 5.74) is -1.40. The Kier molecular flexibility index (Phi) is 12.7. The molecule has 3 heterocycles. The maximum Gasteiger partial charge on any atom is 0.313 e. The van der Waals surface area contributed by atoms with Crippen molar-refractivity contribution >= 4 is 39.6 Å². The summed E-state index contributed by atoms with van der Waals surface area (Å²) in [6.07, 6.45) is 3.51. The Morgan fingerprint density at radius 2 is 1.78 bits per heavy atom. The van der Waals surface area contributed by atoms with Gasteiger partial charge in [0, 0.05) is 23.3 Å². The van der Waals surface area contributed by atoms with E-state index in [4.69, 9.17) is 9.47 Å². The third-order valence-corrected chi connectivity index (χ3v) is 11.5. The second-order valence-corrected chi connectivity index (χ2v) is 17.8. The van der Waals surface area contributed by atoms with E-state index in [0.29, 0.717) is 24.8 Å². The maximum absolute atomic E-state index is 15.1. The molecule has 0 aliphatic carbocycles. The molecule has 10 nitrogen and oxygen atoms in total. The van der Waals surface area contributed by atoms with Crippen LogP contribution in [0.5, 0.6) is 0 Å². The molecule has 282 valence electrons. The van der Waals surface area contributed by atoms with Gasteiger partial charge in [0.05, 0.1) is 36.6 Å². The van der Waals surface area contributed by atoms with Crippen molar-refractivity contribution in [1.82, 2.24) is 15.1 Å². The van der Waals surface area contributed by atoms with Crippen LogP contribution in [0.2, 0.25) is 0 Å². The molecule has 2 bridgehead atoms. The zero-order valence-corrected chi connectivity index (χ0v) is 33.1. The monoisotopic (exact) mass is 771 g/mol. The number of rotatable bonds is 16. The van der Waals surface area contributed by atoms with Gasteiger partial charge in [0.25, 0.3) is 0 Å². The van der Waals surface area contributed by atoms with Crippen LogP contribution in [0.3, 0.4) is 0 Å². The molecule has 3 aliphatic heterocycles. The molecule has 2 N–H and O–H groups in total. The van der Waals surface area contributed by atoms with Crippen LogP contribution < -0.4 is 5.32 Å². The zero-order valence-electron chi connectivity index (χ0n) is 31.6. The molecule has 3 saturated heterocycles. The number of halogens is 1. The van der Waals surface area contributed by atoms with Gasteiger partial charge in [0.1, 0.15) is 17.7 Å². The second kappa shape index (κ2) is 15.9. The Morgan fingerprint density at radius 3 is 2.33 bits per heavy atom. The first-order valence-corrected chi connectivity index (χ1v) is 19.1. The Bertz CT molecular complexity index is 1460. The number of benzene rings is 1. The number of ether oxygens (including phenoxy) is 2. The fourth-order valence-corrected chi connectivity index (χ4v) is 9.78. The molecule has 0 saturated carbocycles. The van der Waals surface area contributed by atoms with E-state index in [2.05, 4.69) is 55.2 Å². The molecular formula is C40H58BrN3O7. The summed E-state index contributed by atoms with van der Waals surface area (Å²) in [5, 5.41) is 13.7. The van der Waals surface area contributed by atoms with Crippen molar-refractivity contribution in [3.8, 4) is 0 Å². The largest absolute Gasteiger partial charge is 0.455 e. The quantitative estimate of drug-likeness (QED) is 0.125. The van der Waals surface area contributed by atoms with Crippen LogP contribution in [0, 0.1) is 23.2 Å². The smallest absolute Gasteiger partial charge is 0.313 e. The molecule has 4 rings (SSSR count). The number of aliphatic hydroxyl groups is 1. The van der Waals surface area contributed by atoms with Gasteiger partial charge in [-0.25, -0.2) is 0 Å². The Balaban J connectivity index is 1.78. The summed E-state index contributed by atoms with van der Waals surface area (Å²) >= 11 is 3.76. The second-order valence-electron chi connectivity index (χ2n) is 16.6. The molecule has 1 aromatic carbocycles. The lowest BCUT2D eigenvalue weighted by atomic mass is 9.70. The van der Waals surface area contributed by atoms with Crippen molar-refractivity contribution in [2.75, 3.05) is 13.2 Å². The number of allylic oxidation sites excluding steroid dienone is 1. The minimum atomic E-state index is -1.34. The van der Waals surface area contributed by atoms with Gasteiger partial charge in [-0.3, -0.25) is 19.2 Å². The summed E-state index contributed by atoms with van der Waals surface area (Å²) in [5.74, 6) is -3.80. The first-order chi connectivity index (χ1) is 23.8. The predicted molar refractivity (Wildman–Crippen MR) is 201 cm³/mol. The van der Waals surface area contributed by atoms with Gasteiger partial charge in [0.15, 0.2) is 0 Å². The molecule has 9 atom stereocenters. The van der Waals surface area contributed by atoms with E-state index in [-0.39, 0.29) is 47.5 Å². The van der Waals surface area contributed by atoms with Crippen molar-refractivity contribution in [2.24, 2.45) is 23.2 Å². The number of fused-ring (bicyclic) bond motifs is 1. The minimum Gasteiger partial charge on any atom is -0.455 e. The van der Waals surface area contributed by atoms with Crippen molar-refractivity contribution in [3.63, 3.8) is 0 Å². The minimum absolute atomic E-state index is 0.115. The number of nitrogens with zero attached hydrogens (tertiary/aromatic N) is 2. The molecule has 11 heteroatoms. The summed E-state index contributed by atoms with van der Waals surface area (Å²) in [4.78, 5) is 60.2. The van der Waals surface area contributed by atoms with Crippen molar-refractivity contribution < 1.29 is 33.8 Å². The van der Waals surface area contributed by atoms with Crippen LogP contribution in [-0.4, -0.2) is 91.9 Å². The van der Waals surface area contributed by atoms with E-state index >= 15 is 4.79 Å². The van der Waals surface area contributed by atoms with Gasteiger partial charge in [-0.15, -0.1) is 13.2 Å². The fraction of sp³-hybridized carbons (Fsp3) is 0.650. The highest BCUT2D eigenvalue weighted by atomic mass is 79.9. The van der Waals surface area contributed by atoms with Crippen LogP contribution in [-0.2, 0) is 28.7 Å². The van der Waals surface area contributed by atoms with E-state index < -0.39 is 65.2 Å². The SMILES string of the molecule is C=CCCC(=O)N[C@H](C)[C@@H](OC(=O)[C@@H]1[C@H]2O[C@@]3(CC2Br)[C@H](C(=O)N(CC=C)C(C)(C)CC(C)(C)C)N([C@@H](CO)C(C)C)C(=O)[C@@H]13)c1ccccc1. The van der Waals surface area contributed by atoms with Crippen LogP contribution >= 0.6 is 15.9 Å². The Labute approximate surface area is 312 Å². The van der Waals surface area contributed by atoms with Gasteiger partial charge < -0.3 is 29.7 Å². The Morgan fingerprint density at radius 1 is 1.14 bits per heavy atom. The number of carbonyl (C=O) groups excluding carboxylic acids is 4. The van der Waals surface area contributed by atoms with Gasteiger partial charge in [-0.2, -0.15) is 0 Å². The summed E-state index contributed by atoms with van der Waals surface area (Å²) in [6, 6.07) is 6.79.